The largest absolute Gasteiger partial charge is 0.481 e. The number of piperazine rings is 1. The maximum absolute atomic E-state index is 13.1. The number of nitrogens with zero attached hydrogens (tertiary/aromatic N) is 3. The molecule has 0 radical (unpaired) electrons. The van der Waals surface area contributed by atoms with Crippen molar-refractivity contribution in [1.29, 1.82) is 0 Å². The van der Waals surface area contributed by atoms with Gasteiger partial charge in [0.15, 0.2) is 0 Å². The third-order valence-electron chi connectivity index (χ3n) is 5.58. The standard InChI is InChI=1S/C24H25ClN4O3/c25-20-16-22(26-18-5-2-1-3-6-18)27-21-15-17(8-9-19(20)21)24(32)29-13-11-28(12-14-29)10-4-7-23(30)31/h1-3,5-6,8-9,15-16H,4,7,10-14H2,(H,26,27)(H,30,31). The molecule has 1 fully saturated rings. The second kappa shape index (κ2) is 9.97. The molecule has 1 aliphatic heterocycles. The summed E-state index contributed by atoms with van der Waals surface area (Å²) in [5, 5.41) is 13.4. The predicted octanol–water partition coefficient (Wildman–Crippen LogP) is 4.25. The maximum atomic E-state index is 13.1. The third kappa shape index (κ3) is 5.36. The van der Waals surface area contributed by atoms with Crippen LogP contribution in [0.5, 0.6) is 0 Å². The second-order valence-electron chi connectivity index (χ2n) is 7.84. The molecule has 0 aliphatic carbocycles. The summed E-state index contributed by atoms with van der Waals surface area (Å²) in [4.78, 5) is 32.4. The molecule has 2 heterocycles. The first-order chi connectivity index (χ1) is 15.5. The fourth-order valence-electron chi connectivity index (χ4n) is 3.86. The van der Waals surface area contributed by atoms with Crippen molar-refractivity contribution in [2.24, 2.45) is 0 Å². The van der Waals surface area contributed by atoms with Crippen LogP contribution in [-0.4, -0.2) is 64.5 Å². The summed E-state index contributed by atoms with van der Waals surface area (Å²) >= 11 is 6.47. The molecule has 0 spiro atoms. The number of carboxylic acid groups (broad SMARTS) is 1. The number of rotatable bonds is 7. The number of nitrogens with one attached hydrogen (secondary N) is 1. The van der Waals surface area contributed by atoms with Gasteiger partial charge in [-0.2, -0.15) is 0 Å². The molecule has 7 nitrogen and oxygen atoms in total. The molecule has 0 saturated carbocycles. The van der Waals surface area contributed by atoms with Gasteiger partial charge in [-0.1, -0.05) is 35.9 Å². The van der Waals surface area contributed by atoms with Crippen molar-refractivity contribution >= 4 is 45.9 Å². The zero-order valence-electron chi connectivity index (χ0n) is 17.6. The Bertz CT molecular complexity index is 1110. The number of hydrogen-bond acceptors (Lipinski definition) is 5. The molecule has 4 rings (SSSR count). The van der Waals surface area contributed by atoms with Crippen LogP contribution in [0.4, 0.5) is 11.5 Å². The SMILES string of the molecule is O=C(O)CCCN1CCN(C(=O)c2ccc3c(Cl)cc(Nc4ccccc4)nc3c2)CC1. The van der Waals surface area contributed by atoms with Gasteiger partial charge in [-0.05, 0) is 37.2 Å². The summed E-state index contributed by atoms with van der Waals surface area (Å²) in [6.07, 6.45) is 0.798. The number of aromatic nitrogens is 1. The lowest BCUT2D eigenvalue weighted by Gasteiger charge is -2.34. The minimum absolute atomic E-state index is 0.0311. The van der Waals surface area contributed by atoms with E-state index in [1.165, 1.54) is 0 Å². The van der Waals surface area contributed by atoms with E-state index >= 15 is 0 Å². The van der Waals surface area contributed by atoms with Gasteiger partial charge in [0, 0.05) is 55.3 Å². The van der Waals surface area contributed by atoms with Crippen molar-refractivity contribution in [3.05, 3.63) is 65.2 Å². The first-order valence-corrected chi connectivity index (χ1v) is 11.0. The number of para-hydroxylation sites is 1. The van der Waals surface area contributed by atoms with Gasteiger partial charge in [-0.25, -0.2) is 4.98 Å². The number of benzene rings is 2. The van der Waals surface area contributed by atoms with Crippen molar-refractivity contribution in [1.82, 2.24) is 14.8 Å². The van der Waals surface area contributed by atoms with Gasteiger partial charge in [0.1, 0.15) is 5.82 Å². The maximum Gasteiger partial charge on any atom is 0.303 e. The molecule has 3 aromatic rings. The first-order valence-electron chi connectivity index (χ1n) is 10.7. The van der Waals surface area contributed by atoms with Crippen LogP contribution in [0.3, 0.4) is 0 Å². The number of fused-ring (bicyclic) bond motifs is 1. The van der Waals surface area contributed by atoms with Crippen LogP contribution in [0.25, 0.3) is 10.9 Å². The van der Waals surface area contributed by atoms with E-state index in [0.717, 1.165) is 30.7 Å². The Morgan fingerprint density at radius 3 is 2.50 bits per heavy atom. The number of hydrogen-bond donors (Lipinski definition) is 2. The lowest BCUT2D eigenvalue weighted by molar-refractivity contribution is -0.137. The van der Waals surface area contributed by atoms with Crippen molar-refractivity contribution in [3.8, 4) is 0 Å². The van der Waals surface area contributed by atoms with E-state index in [2.05, 4.69) is 15.2 Å². The Hall–Kier alpha value is -3.16. The van der Waals surface area contributed by atoms with E-state index in [4.69, 9.17) is 16.7 Å². The topological polar surface area (TPSA) is 85.8 Å². The molecule has 1 amide bonds. The van der Waals surface area contributed by atoms with Crippen molar-refractivity contribution < 1.29 is 14.7 Å². The first kappa shape index (κ1) is 22.0. The van der Waals surface area contributed by atoms with Gasteiger partial charge in [0.05, 0.1) is 10.5 Å². The highest BCUT2D eigenvalue weighted by Crippen LogP contribution is 2.28. The molecule has 2 N–H and O–H groups in total. The molecule has 166 valence electrons. The van der Waals surface area contributed by atoms with E-state index < -0.39 is 5.97 Å². The number of anilines is 2. The normalized spacial score (nSPS) is 14.5. The number of amides is 1. The number of aliphatic carboxylic acids is 1. The highest BCUT2D eigenvalue weighted by atomic mass is 35.5. The summed E-state index contributed by atoms with van der Waals surface area (Å²) in [5.41, 5.74) is 2.15. The van der Waals surface area contributed by atoms with E-state index in [-0.39, 0.29) is 12.3 Å². The van der Waals surface area contributed by atoms with E-state index in [9.17, 15) is 9.59 Å². The molecule has 0 bridgehead atoms. The molecule has 1 aliphatic rings. The van der Waals surface area contributed by atoms with Crippen LogP contribution in [0, 0.1) is 0 Å². The molecular weight excluding hydrogens is 428 g/mol. The van der Waals surface area contributed by atoms with Crippen LogP contribution in [0.1, 0.15) is 23.2 Å². The van der Waals surface area contributed by atoms with Gasteiger partial charge in [-0.15, -0.1) is 0 Å². The average molecular weight is 453 g/mol. The van der Waals surface area contributed by atoms with Gasteiger partial charge in [-0.3, -0.25) is 14.5 Å². The Kier molecular flexibility index (Phi) is 6.87. The molecule has 1 aromatic heterocycles. The van der Waals surface area contributed by atoms with Crippen LogP contribution in [0.15, 0.2) is 54.6 Å². The number of halogens is 1. The molecule has 2 aromatic carbocycles. The Balaban J connectivity index is 1.45. The van der Waals surface area contributed by atoms with E-state index in [1.807, 2.05) is 41.3 Å². The minimum Gasteiger partial charge on any atom is -0.481 e. The zero-order chi connectivity index (χ0) is 22.5. The van der Waals surface area contributed by atoms with Crippen LogP contribution < -0.4 is 5.32 Å². The number of carbonyl (C=O) groups is 2. The fraction of sp³-hybridized carbons (Fsp3) is 0.292. The molecular formula is C24H25ClN4O3. The van der Waals surface area contributed by atoms with Crippen molar-refractivity contribution in [2.75, 3.05) is 38.0 Å². The average Bonchev–Trinajstić information content (AvgIpc) is 2.79. The monoisotopic (exact) mass is 452 g/mol. The number of carbonyl (C=O) groups excluding carboxylic acids is 1. The Morgan fingerprint density at radius 2 is 1.78 bits per heavy atom. The Morgan fingerprint density at radius 1 is 1.03 bits per heavy atom. The van der Waals surface area contributed by atoms with Crippen molar-refractivity contribution in [2.45, 2.75) is 12.8 Å². The zero-order valence-corrected chi connectivity index (χ0v) is 18.4. The lowest BCUT2D eigenvalue weighted by atomic mass is 10.1. The summed E-state index contributed by atoms with van der Waals surface area (Å²) in [7, 11) is 0. The third-order valence-corrected chi connectivity index (χ3v) is 5.89. The summed E-state index contributed by atoms with van der Waals surface area (Å²) in [6, 6.07) is 16.9. The van der Waals surface area contributed by atoms with E-state index in [1.54, 1.807) is 18.2 Å². The van der Waals surface area contributed by atoms with Crippen LogP contribution >= 0.6 is 11.6 Å². The molecule has 32 heavy (non-hydrogen) atoms. The van der Waals surface area contributed by atoms with Crippen LogP contribution in [0.2, 0.25) is 5.02 Å². The highest BCUT2D eigenvalue weighted by molar-refractivity contribution is 6.35. The minimum atomic E-state index is -0.772. The van der Waals surface area contributed by atoms with Gasteiger partial charge >= 0.3 is 5.97 Å². The summed E-state index contributed by atoms with van der Waals surface area (Å²) in [6.45, 7) is 3.47. The number of carboxylic acids is 1. The smallest absolute Gasteiger partial charge is 0.303 e. The lowest BCUT2D eigenvalue weighted by Crippen LogP contribution is -2.48. The fourth-order valence-corrected chi connectivity index (χ4v) is 4.13. The van der Waals surface area contributed by atoms with Crippen molar-refractivity contribution in [3.63, 3.8) is 0 Å². The second-order valence-corrected chi connectivity index (χ2v) is 8.25. The molecule has 0 unspecified atom stereocenters. The summed E-state index contributed by atoms with van der Waals surface area (Å²) < 4.78 is 0. The molecule has 8 heteroatoms. The summed E-state index contributed by atoms with van der Waals surface area (Å²) in [5.74, 6) is -0.185. The predicted molar refractivity (Wildman–Crippen MR) is 126 cm³/mol. The highest BCUT2D eigenvalue weighted by Gasteiger charge is 2.22. The van der Waals surface area contributed by atoms with Crippen LogP contribution in [-0.2, 0) is 4.79 Å². The molecule has 1 saturated heterocycles. The number of pyridine rings is 1. The van der Waals surface area contributed by atoms with Gasteiger partial charge in [0.2, 0.25) is 0 Å². The van der Waals surface area contributed by atoms with Gasteiger partial charge < -0.3 is 15.3 Å². The molecule has 0 atom stereocenters. The quantitative estimate of drug-likeness (QED) is 0.557. The Labute approximate surface area is 191 Å². The van der Waals surface area contributed by atoms with Gasteiger partial charge in [0.25, 0.3) is 5.91 Å². The van der Waals surface area contributed by atoms with E-state index in [0.29, 0.717) is 41.4 Å².